The molecule has 7 nitrogen and oxygen atoms in total. The third-order valence-electron chi connectivity index (χ3n) is 3.74. The van der Waals surface area contributed by atoms with Crippen LogP contribution in [0.3, 0.4) is 0 Å². The lowest BCUT2D eigenvalue weighted by Gasteiger charge is -2.11. The topological polar surface area (TPSA) is 104 Å². The predicted molar refractivity (Wildman–Crippen MR) is 113 cm³/mol. The highest BCUT2D eigenvalue weighted by atomic mass is 127. The minimum atomic E-state index is -1.11. The number of anilines is 2. The van der Waals surface area contributed by atoms with Crippen molar-refractivity contribution in [2.24, 2.45) is 0 Å². The number of carbonyl (C=O) groups is 1. The van der Waals surface area contributed by atoms with Crippen LogP contribution in [0.1, 0.15) is 15.9 Å². The van der Waals surface area contributed by atoms with E-state index in [2.05, 4.69) is 15.8 Å². The molecule has 0 aliphatic heterocycles. The number of halogens is 2. The van der Waals surface area contributed by atoms with Crippen molar-refractivity contribution in [3.63, 3.8) is 0 Å². The number of benzene rings is 1. The maximum atomic E-state index is 14.3. The number of pyridine rings is 1. The molecule has 3 rings (SSSR count). The highest BCUT2D eigenvalue weighted by Gasteiger charge is 2.21. The molecule has 0 radical (unpaired) electrons. The smallest absolute Gasteiger partial charge is 0.278 e. The maximum Gasteiger partial charge on any atom is 0.278 e. The van der Waals surface area contributed by atoms with Crippen LogP contribution >= 0.6 is 33.9 Å². The van der Waals surface area contributed by atoms with Crippen LogP contribution in [0.5, 0.6) is 0 Å². The van der Waals surface area contributed by atoms with Crippen LogP contribution in [-0.4, -0.2) is 40.4 Å². The maximum absolute atomic E-state index is 14.3. The standard InChI is InChI=1S/C18H17FIN3O4S/c1-9-4-12-15(16(26)23-27-8-11(25)7-24)18(28-17(12)21-6-9)22-14-3-2-10(20)5-13(14)19/h2-6,11,22,24-25H,7-8H2,1H3,(H,23,26)/t11-/m0/s1. The molecule has 1 aromatic carbocycles. The minimum Gasteiger partial charge on any atom is -0.394 e. The number of aliphatic hydroxyl groups excluding tert-OH is 2. The highest BCUT2D eigenvalue weighted by molar-refractivity contribution is 14.1. The lowest BCUT2D eigenvalue weighted by molar-refractivity contribution is -0.0294. The minimum absolute atomic E-state index is 0.231. The summed E-state index contributed by atoms with van der Waals surface area (Å²) < 4.78 is 15.0. The first-order chi connectivity index (χ1) is 13.4. The third kappa shape index (κ3) is 4.75. The number of fused-ring (bicyclic) bond motifs is 1. The predicted octanol–water partition coefficient (Wildman–Crippen LogP) is 3.11. The zero-order chi connectivity index (χ0) is 20.3. The van der Waals surface area contributed by atoms with Gasteiger partial charge in [-0.3, -0.25) is 9.63 Å². The molecule has 148 valence electrons. The summed E-state index contributed by atoms with van der Waals surface area (Å²) in [6.45, 7) is 1.10. The molecule has 0 spiro atoms. The van der Waals surface area contributed by atoms with Crippen molar-refractivity contribution in [2.45, 2.75) is 13.0 Å². The van der Waals surface area contributed by atoms with Gasteiger partial charge in [0.1, 0.15) is 28.4 Å². The van der Waals surface area contributed by atoms with Crippen molar-refractivity contribution in [1.82, 2.24) is 10.5 Å². The number of aryl methyl sites for hydroxylation is 1. The largest absolute Gasteiger partial charge is 0.394 e. The van der Waals surface area contributed by atoms with Crippen molar-refractivity contribution in [3.05, 3.63) is 51.0 Å². The Morgan fingerprint density at radius 2 is 2.21 bits per heavy atom. The molecule has 0 aliphatic carbocycles. The van der Waals surface area contributed by atoms with Crippen LogP contribution in [0.4, 0.5) is 15.1 Å². The van der Waals surface area contributed by atoms with Crippen molar-refractivity contribution < 1.29 is 24.2 Å². The van der Waals surface area contributed by atoms with Gasteiger partial charge in [0.25, 0.3) is 5.91 Å². The summed E-state index contributed by atoms with van der Waals surface area (Å²) in [6.07, 6.45) is 0.575. The number of aromatic nitrogens is 1. The molecule has 4 N–H and O–H groups in total. The summed E-state index contributed by atoms with van der Waals surface area (Å²) in [4.78, 5) is 22.6. The van der Waals surface area contributed by atoms with Gasteiger partial charge in [-0.2, -0.15) is 0 Å². The number of amides is 1. The van der Waals surface area contributed by atoms with E-state index in [4.69, 9.17) is 9.94 Å². The van der Waals surface area contributed by atoms with Gasteiger partial charge in [0.15, 0.2) is 0 Å². The first-order valence-electron chi connectivity index (χ1n) is 8.21. The van der Waals surface area contributed by atoms with E-state index in [-0.39, 0.29) is 17.9 Å². The van der Waals surface area contributed by atoms with Gasteiger partial charge in [-0.25, -0.2) is 14.9 Å². The van der Waals surface area contributed by atoms with Crippen LogP contribution in [-0.2, 0) is 4.84 Å². The average molecular weight is 517 g/mol. The van der Waals surface area contributed by atoms with Crippen molar-refractivity contribution in [3.8, 4) is 0 Å². The molecule has 0 unspecified atom stereocenters. The lowest BCUT2D eigenvalue weighted by Crippen LogP contribution is -2.30. The number of thiophene rings is 1. The molecule has 1 atom stereocenters. The molecular weight excluding hydrogens is 500 g/mol. The average Bonchev–Trinajstić information content (AvgIpc) is 3.00. The Labute approximate surface area is 177 Å². The number of hydroxylamine groups is 1. The van der Waals surface area contributed by atoms with E-state index in [9.17, 15) is 14.3 Å². The second-order valence-electron chi connectivity index (χ2n) is 6.00. The molecule has 2 heterocycles. The van der Waals surface area contributed by atoms with Crippen LogP contribution in [0, 0.1) is 16.3 Å². The van der Waals surface area contributed by atoms with Crippen molar-refractivity contribution >= 4 is 60.7 Å². The number of hydrogen-bond acceptors (Lipinski definition) is 7. The number of rotatable bonds is 7. The molecule has 0 fully saturated rings. The molecule has 0 saturated heterocycles. The Kier molecular flexibility index (Phi) is 6.78. The molecule has 3 aromatic rings. The first kappa shape index (κ1) is 20.9. The molecule has 10 heteroatoms. The van der Waals surface area contributed by atoms with Crippen LogP contribution in [0.25, 0.3) is 10.2 Å². The molecular formula is C18H17FIN3O4S. The second-order valence-corrected chi connectivity index (χ2v) is 8.24. The first-order valence-corrected chi connectivity index (χ1v) is 10.1. The monoisotopic (exact) mass is 517 g/mol. The molecule has 28 heavy (non-hydrogen) atoms. The Bertz CT molecular complexity index is 1010. The van der Waals surface area contributed by atoms with Crippen molar-refractivity contribution in [1.29, 1.82) is 0 Å². The quantitative estimate of drug-likeness (QED) is 0.284. The van der Waals surface area contributed by atoms with Gasteiger partial charge < -0.3 is 15.5 Å². The summed E-state index contributed by atoms with van der Waals surface area (Å²) in [5.41, 5.74) is 3.60. The van der Waals surface area contributed by atoms with Crippen LogP contribution in [0.2, 0.25) is 0 Å². The second kappa shape index (κ2) is 9.09. The van der Waals surface area contributed by atoms with E-state index in [1.807, 2.05) is 35.6 Å². The molecule has 0 saturated carbocycles. The number of nitrogens with one attached hydrogen (secondary N) is 2. The number of hydrogen-bond donors (Lipinski definition) is 4. The molecule has 0 bridgehead atoms. The fourth-order valence-electron chi connectivity index (χ4n) is 2.42. The molecule has 2 aromatic heterocycles. The van der Waals surface area contributed by atoms with Gasteiger partial charge in [-0.1, -0.05) is 11.3 Å². The van der Waals surface area contributed by atoms with Crippen LogP contribution in [0.15, 0.2) is 30.5 Å². The Morgan fingerprint density at radius 1 is 1.43 bits per heavy atom. The van der Waals surface area contributed by atoms with E-state index in [1.165, 1.54) is 17.4 Å². The van der Waals surface area contributed by atoms with E-state index in [1.54, 1.807) is 18.3 Å². The van der Waals surface area contributed by atoms with Gasteiger partial charge >= 0.3 is 0 Å². The normalized spacial score (nSPS) is 12.2. The van der Waals surface area contributed by atoms with Crippen molar-refractivity contribution in [2.75, 3.05) is 18.5 Å². The Balaban J connectivity index is 1.95. The number of aliphatic hydroxyl groups is 2. The molecule has 1 amide bonds. The highest BCUT2D eigenvalue weighted by Crippen LogP contribution is 2.37. The zero-order valence-electron chi connectivity index (χ0n) is 14.7. The van der Waals surface area contributed by atoms with E-state index in [0.29, 0.717) is 15.2 Å². The van der Waals surface area contributed by atoms with Gasteiger partial charge in [-0.15, -0.1) is 0 Å². The summed E-state index contributed by atoms with van der Waals surface area (Å²) >= 11 is 3.23. The lowest BCUT2D eigenvalue weighted by atomic mass is 10.1. The van der Waals surface area contributed by atoms with Crippen LogP contribution < -0.4 is 10.8 Å². The summed E-state index contributed by atoms with van der Waals surface area (Å²) in [5, 5.41) is 22.1. The van der Waals surface area contributed by atoms with E-state index < -0.39 is 24.4 Å². The summed E-state index contributed by atoms with van der Waals surface area (Å²) in [7, 11) is 0. The number of nitrogens with zero attached hydrogens (tertiary/aromatic N) is 1. The summed E-state index contributed by atoms with van der Waals surface area (Å²) in [6, 6.07) is 6.54. The fourth-order valence-corrected chi connectivity index (χ4v) is 3.91. The van der Waals surface area contributed by atoms with Gasteiger partial charge in [0, 0.05) is 15.2 Å². The zero-order valence-corrected chi connectivity index (χ0v) is 17.7. The molecule has 0 aliphatic rings. The van der Waals surface area contributed by atoms with Gasteiger partial charge in [0.05, 0.1) is 17.9 Å². The number of carbonyl (C=O) groups excluding carboxylic acids is 1. The third-order valence-corrected chi connectivity index (χ3v) is 5.44. The van der Waals surface area contributed by atoms with Gasteiger partial charge in [-0.05, 0) is 59.3 Å². The Hall–Kier alpha value is -1.86. The fraction of sp³-hybridized carbons (Fsp3) is 0.222. The summed E-state index contributed by atoms with van der Waals surface area (Å²) in [5.74, 6) is -1.01. The van der Waals surface area contributed by atoms with E-state index in [0.717, 1.165) is 9.13 Å². The Morgan fingerprint density at radius 3 is 2.93 bits per heavy atom. The SMILES string of the molecule is Cc1cnc2sc(Nc3ccc(I)cc3F)c(C(=O)NOC[C@@H](O)CO)c2c1. The van der Waals surface area contributed by atoms with E-state index >= 15 is 0 Å². The van der Waals surface area contributed by atoms with Gasteiger partial charge in [0.2, 0.25) is 0 Å².